The molecule has 1 aliphatic carbocycles. The van der Waals surface area contributed by atoms with Crippen LogP contribution >= 0.6 is 0 Å². The van der Waals surface area contributed by atoms with Crippen molar-refractivity contribution < 1.29 is 27.8 Å². The van der Waals surface area contributed by atoms with E-state index < -0.39 is 22.9 Å². The number of aromatic nitrogens is 1. The van der Waals surface area contributed by atoms with Crippen LogP contribution in [0.2, 0.25) is 0 Å². The van der Waals surface area contributed by atoms with Gasteiger partial charge in [0.15, 0.2) is 5.60 Å². The van der Waals surface area contributed by atoms with E-state index >= 15 is 0 Å². The van der Waals surface area contributed by atoms with Crippen LogP contribution in [0.5, 0.6) is 11.6 Å². The minimum Gasteiger partial charge on any atom is -0.481 e. The minimum absolute atomic E-state index is 0.0491. The van der Waals surface area contributed by atoms with Gasteiger partial charge in [-0.05, 0) is 36.1 Å². The maximum absolute atomic E-state index is 13.2. The molecule has 5 rings (SSSR count). The predicted molar refractivity (Wildman–Crippen MR) is 112 cm³/mol. The van der Waals surface area contributed by atoms with Gasteiger partial charge >= 0.3 is 6.18 Å². The number of ether oxygens (including phenoxy) is 2. The first-order chi connectivity index (χ1) is 15.7. The minimum atomic E-state index is -4.49. The Bertz CT molecular complexity index is 1250. The second kappa shape index (κ2) is 7.22. The van der Waals surface area contributed by atoms with Crippen molar-refractivity contribution >= 4 is 0 Å². The zero-order chi connectivity index (χ0) is 23.4. The lowest BCUT2D eigenvalue weighted by molar-refractivity contribution is -0.137. The predicted octanol–water partition coefficient (Wildman–Crippen LogP) is 5.03. The van der Waals surface area contributed by atoms with Crippen LogP contribution in [0.1, 0.15) is 46.7 Å². The summed E-state index contributed by atoms with van der Waals surface area (Å²) in [5, 5.41) is 21.6. The first kappa shape index (κ1) is 21.3. The highest BCUT2D eigenvalue weighted by molar-refractivity contribution is 5.58. The fraction of sp³-hybridized carbons (Fsp3) is 0.280. The third-order valence-corrected chi connectivity index (χ3v) is 6.69. The van der Waals surface area contributed by atoms with Crippen LogP contribution in [0.4, 0.5) is 13.2 Å². The Morgan fingerprint density at radius 3 is 2.45 bits per heavy atom. The topological polar surface area (TPSA) is 75.4 Å². The third kappa shape index (κ3) is 2.92. The second-order valence-corrected chi connectivity index (χ2v) is 8.28. The highest BCUT2D eigenvalue weighted by atomic mass is 19.4. The summed E-state index contributed by atoms with van der Waals surface area (Å²) < 4.78 is 51.6. The summed E-state index contributed by atoms with van der Waals surface area (Å²) in [5.41, 5.74) is -2.20. The molecular formula is C25H19F3N2O3. The highest BCUT2D eigenvalue weighted by Crippen LogP contribution is 2.68. The summed E-state index contributed by atoms with van der Waals surface area (Å²) in [5.74, 6) is -0.0708. The molecule has 0 spiro atoms. The summed E-state index contributed by atoms with van der Waals surface area (Å²) in [6.45, 7) is 0. The molecule has 2 aromatic carbocycles. The summed E-state index contributed by atoms with van der Waals surface area (Å²) in [6, 6.07) is 17.5. The van der Waals surface area contributed by atoms with E-state index in [2.05, 4.69) is 4.98 Å². The van der Waals surface area contributed by atoms with Crippen molar-refractivity contribution in [1.82, 2.24) is 4.98 Å². The van der Waals surface area contributed by atoms with Gasteiger partial charge in [-0.2, -0.15) is 18.4 Å². The van der Waals surface area contributed by atoms with Crippen molar-refractivity contribution in [2.45, 2.75) is 36.1 Å². The van der Waals surface area contributed by atoms with Crippen molar-refractivity contribution in [2.24, 2.45) is 0 Å². The Hall–Kier alpha value is -3.57. The number of pyridine rings is 1. The van der Waals surface area contributed by atoms with E-state index in [1.165, 1.54) is 25.3 Å². The number of rotatable bonds is 3. The number of fused-ring (bicyclic) bond motifs is 3. The molecule has 2 heterocycles. The van der Waals surface area contributed by atoms with E-state index in [4.69, 9.17) is 9.47 Å². The number of nitriles is 1. The smallest absolute Gasteiger partial charge is 0.416 e. The lowest BCUT2D eigenvalue weighted by Crippen LogP contribution is -2.48. The summed E-state index contributed by atoms with van der Waals surface area (Å²) in [4.78, 5) is 4.18. The van der Waals surface area contributed by atoms with Crippen molar-refractivity contribution in [3.63, 3.8) is 0 Å². The number of hydrogen-bond acceptors (Lipinski definition) is 5. The number of alkyl halides is 3. The summed E-state index contributed by atoms with van der Waals surface area (Å²) in [7, 11) is 1.38. The lowest BCUT2D eigenvalue weighted by atomic mass is 9.71. The Balaban J connectivity index is 1.76. The Morgan fingerprint density at radius 2 is 1.85 bits per heavy atom. The standard InChI is InChI=1S/C25H19F3N2O3/c1-32-22-21-20(13-18(14-29)30-22)33-24(16-7-9-17(10-8-16)25(26,27)28)19(11-12-23(21,24)31)15-5-3-2-4-6-15/h2-10,13,19,31H,11-12H2,1H3/t19?,23-,24?/m1/s1. The second-order valence-electron chi connectivity index (χ2n) is 8.28. The summed E-state index contributed by atoms with van der Waals surface area (Å²) >= 11 is 0. The van der Waals surface area contributed by atoms with Crippen LogP contribution < -0.4 is 9.47 Å². The van der Waals surface area contributed by atoms with E-state index in [0.717, 1.165) is 17.7 Å². The highest BCUT2D eigenvalue weighted by Gasteiger charge is 2.69. The SMILES string of the molecule is COc1nc(C#N)cc2c1[C@]1(O)CCC(c3ccccc3)C1(c1ccc(C(F)(F)F)cc1)O2. The number of methoxy groups -OCH3 is 1. The maximum Gasteiger partial charge on any atom is 0.416 e. The molecule has 2 unspecified atom stereocenters. The van der Waals surface area contributed by atoms with Gasteiger partial charge in [-0.3, -0.25) is 0 Å². The zero-order valence-corrected chi connectivity index (χ0v) is 17.6. The summed E-state index contributed by atoms with van der Waals surface area (Å²) in [6.07, 6.45) is -3.70. The molecule has 1 aliphatic heterocycles. The monoisotopic (exact) mass is 452 g/mol. The van der Waals surface area contributed by atoms with E-state index in [1.54, 1.807) is 0 Å². The molecule has 168 valence electrons. The molecule has 8 heteroatoms. The molecule has 0 radical (unpaired) electrons. The molecular weight excluding hydrogens is 433 g/mol. The van der Waals surface area contributed by atoms with Gasteiger partial charge in [0.05, 0.1) is 18.2 Å². The van der Waals surface area contributed by atoms with Gasteiger partial charge in [-0.1, -0.05) is 42.5 Å². The average molecular weight is 452 g/mol. The molecule has 3 atom stereocenters. The van der Waals surface area contributed by atoms with Crippen molar-refractivity contribution in [3.05, 3.63) is 88.6 Å². The van der Waals surface area contributed by atoms with Crippen LogP contribution in [0, 0.1) is 11.3 Å². The van der Waals surface area contributed by atoms with Crippen LogP contribution in [0.15, 0.2) is 60.7 Å². The molecule has 1 N–H and O–H groups in total. The van der Waals surface area contributed by atoms with E-state index in [9.17, 15) is 23.5 Å². The third-order valence-electron chi connectivity index (χ3n) is 6.69. The van der Waals surface area contributed by atoms with Gasteiger partial charge in [0.25, 0.3) is 0 Å². The van der Waals surface area contributed by atoms with Crippen molar-refractivity contribution in [2.75, 3.05) is 7.11 Å². The van der Waals surface area contributed by atoms with Crippen molar-refractivity contribution in [3.8, 4) is 17.7 Å². The number of aliphatic hydroxyl groups is 1. The van der Waals surface area contributed by atoms with Gasteiger partial charge in [0.2, 0.25) is 5.88 Å². The van der Waals surface area contributed by atoms with E-state index in [1.807, 2.05) is 36.4 Å². The molecule has 0 bridgehead atoms. The number of halogens is 3. The van der Waals surface area contributed by atoms with Crippen LogP contribution in [-0.4, -0.2) is 17.2 Å². The quantitative estimate of drug-likeness (QED) is 0.603. The normalized spacial score (nSPS) is 25.6. The molecule has 5 nitrogen and oxygen atoms in total. The first-order valence-corrected chi connectivity index (χ1v) is 10.4. The van der Waals surface area contributed by atoms with Gasteiger partial charge < -0.3 is 14.6 Å². The average Bonchev–Trinajstić information content (AvgIpc) is 3.25. The maximum atomic E-state index is 13.2. The van der Waals surface area contributed by atoms with E-state index in [0.29, 0.717) is 17.5 Å². The van der Waals surface area contributed by atoms with E-state index in [-0.39, 0.29) is 29.7 Å². The molecule has 33 heavy (non-hydrogen) atoms. The van der Waals surface area contributed by atoms with Crippen LogP contribution in [0.25, 0.3) is 0 Å². The number of benzene rings is 2. The zero-order valence-electron chi connectivity index (χ0n) is 17.6. The number of nitrogens with zero attached hydrogens (tertiary/aromatic N) is 2. The Morgan fingerprint density at radius 1 is 1.15 bits per heavy atom. The Kier molecular flexibility index (Phi) is 4.66. The fourth-order valence-corrected chi connectivity index (χ4v) is 5.33. The van der Waals surface area contributed by atoms with Gasteiger partial charge in [0.1, 0.15) is 23.1 Å². The molecule has 1 aromatic heterocycles. The Labute approximate surface area is 188 Å². The van der Waals surface area contributed by atoms with Crippen LogP contribution in [0.3, 0.4) is 0 Å². The van der Waals surface area contributed by atoms with Crippen LogP contribution in [-0.2, 0) is 17.4 Å². The number of hydrogen-bond donors (Lipinski definition) is 1. The molecule has 3 aromatic rings. The lowest BCUT2D eigenvalue weighted by Gasteiger charge is -2.40. The largest absolute Gasteiger partial charge is 0.481 e. The first-order valence-electron chi connectivity index (χ1n) is 10.4. The van der Waals surface area contributed by atoms with Gasteiger partial charge in [-0.15, -0.1) is 0 Å². The fourth-order valence-electron chi connectivity index (χ4n) is 5.33. The molecule has 2 aliphatic rings. The van der Waals surface area contributed by atoms with Crippen molar-refractivity contribution in [1.29, 1.82) is 5.26 Å². The molecule has 1 saturated carbocycles. The van der Waals surface area contributed by atoms with Gasteiger partial charge in [-0.25, -0.2) is 4.98 Å². The molecule has 0 saturated heterocycles. The molecule has 1 fully saturated rings. The molecule has 0 amide bonds. The van der Waals surface area contributed by atoms with Gasteiger partial charge in [0, 0.05) is 12.0 Å².